The molecule has 0 aliphatic carbocycles. The van der Waals surface area contributed by atoms with Crippen LogP contribution in [0.2, 0.25) is 0 Å². The second-order valence-corrected chi connectivity index (χ2v) is 4.53. The van der Waals surface area contributed by atoms with Crippen LogP contribution in [-0.4, -0.2) is 52.7 Å². The van der Waals surface area contributed by atoms with Gasteiger partial charge in [-0.05, 0) is 31.7 Å². The SMILES string of the molecule is CCC1OCCC1CNCCCOCCOC. The van der Waals surface area contributed by atoms with Crippen molar-refractivity contribution in [2.45, 2.75) is 32.3 Å². The summed E-state index contributed by atoms with van der Waals surface area (Å²) in [5.41, 5.74) is 0. The first-order chi connectivity index (χ1) is 8.38. The van der Waals surface area contributed by atoms with E-state index in [0.29, 0.717) is 25.2 Å². The maximum absolute atomic E-state index is 5.66. The Kier molecular flexibility index (Phi) is 8.61. The lowest BCUT2D eigenvalue weighted by Gasteiger charge is -2.17. The number of hydrogen-bond donors (Lipinski definition) is 1. The first-order valence-electron chi connectivity index (χ1n) is 6.77. The molecule has 17 heavy (non-hydrogen) atoms. The van der Waals surface area contributed by atoms with E-state index >= 15 is 0 Å². The second kappa shape index (κ2) is 9.83. The van der Waals surface area contributed by atoms with Crippen molar-refractivity contribution >= 4 is 0 Å². The fraction of sp³-hybridized carbons (Fsp3) is 1.00. The first-order valence-corrected chi connectivity index (χ1v) is 6.77. The minimum atomic E-state index is 0.473. The molecular weight excluding hydrogens is 218 g/mol. The van der Waals surface area contributed by atoms with Crippen molar-refractivity contribution in [3.05, 3.63) is 0 Å². The average Bonchev–Trinajstić information content (AvgIpc) is 2.80. The van der Waals surface area contributed by atoms with Gasteiger partial charge in [0.25, 0.3) is 0 Å². The largest absolute Gasteiger partial charge is 0.382 e. The minimum Gasteiger partial charge on any atom is -0.382 e. The Bertz CT molecular complexity index is 178. The van der Waals surface area contributed by atoms with Crippen LogP contribution >= 0.6 is 0 Å². The maximum atomic E-state index is 5.66. The van der Waals surface area contributed by atoms with Crippen LogP contribution in [0.25, 0.3) is 0 Å². The Balaban J connectivity index is 1.87. The molecular formula is C13H27NO3. The molecule has 0 aromatic carbocycles. The first kappa shape index (κ1) is 14.9. The predicted octanol–water partition coefficient (Wildman–Crippen LogP) is 1.44. The van der Waals surface area contributed by atoms with Gasteiger partial charge in [0.1, 0.15) is 0 Å². The molecule has 1 N–H and O–H groups in total. The highest BCUT2D eigenvalue weighted by atomic mass is 16.5. The number of nitrogens with one attached hydrogen (secondary N) is 1. The third-order valence-corrected chi connectivity index (χ3v) is 3.23. The summed E-state index contributed by atoms with van der Waals surface area (Å²) in [6.45, 7) is 7.44. The van der Waals surface area contributed by atoms with E-state index in [1.807, 2.05) is 0 Å². The van der Waals surface area contributed by atoms with Crippen LogP contribution in [0.4, 0.5) is 0 Å². The summed E-state index contributed by atoms with van der Waals surface area (Å²) >= 11 is 0. The molecule has 4 nitrogen and oxygen atoms in total. The highest BCUT2D eigenvalue weighted by Gasteiger charge is 2.25. The molecule has 0 radical (unpaired) electrons. The van der Waals surface area contributed by atoms with Gasteiger partial charge in [-0.2, -0.15) is 0 Å². The molecule has 102 valence electrons. The van der Waals surface area contributed by atoms with E-state index in [1.54, 1.807) is 7.11 Å². The third-order valence-electron chi connectivity index (χ3n) is 3.23. The molecule has 1 saturated heterocycles. The van der Waals surface area contributed by atoms with E-state index in [9.17, 15) is 0 Å². The Hall–Kier alpha value is -0.160. The normalized spacial score (nSPS) is 24.4. The van der Waals surface area contributed by atoms with Crippen LogP contribution in [0, 0.1) is 5.92 Å². The van der Waals surface area contributed by atoms with E-state index in [4.69, 9.17) is 14.2 Å². The van der Waals surface area contributed by atoms with E-state index in [-0.39, 0.29) is 0 Å². The number of rotatable bonds is 10. The molecule has 0 aromatic rings. The van der Waals surface area contributed by atoms with Gasteiger partial charge in [0.15, 0.2) is 0 Å². The molecule has 2 atom stereocenters. The molecule has 0 spiro atoms. The van der Waals surface area contributed by atoms with Crippen LogP contribution in [-0.2, 0) is 14.2 Å². The van der Waals surface area contributed by atoms with Gasteiger partial charge in [-0.15, -0.1) is 0 Å². The zero-order chi connectivity index (χ0) is 12.3. The van der Waals surface area contributed by atoms with Crippen LogP contribution in [0.5, 0.6) is 0 Å². The Morgan fingerprint density at radius 3 is 2.94 bits per heavy atom. The fourth-order valence-corrected chi connectivity index (χ4v) is 2.21. The van der Waals surface area contributed by atoms with E-state index in [0.717, 1.165) is 39.1 Å². The summed E-state index contributed by atoms with van der Waals surface area (Å²) in [4.78, 5) is 0. The summed E-state index contributed by atoms with van der Waals surface area (Å²) in [6, 6.07) is 0. The average molecular weight is 245 g/mol. The van der Waals surface area contributed by atoms with Gasteiger partial charge in [0.2, 0.25) is 0 Å². The summed E-state index contributed by atoms with van der Waals surface area (Å²) in [6.07, 6.45) is 3.87. The lowest BCUT2D eigenvalue weighted by atomic mass is 10.00. The van der Waals surface area contributed by atoms with Crippen LogP contribution in [0.1, 0.15) is 26.2 Å². The molecule has 0 aromatic heterocycles. The fourth-order valence-electron chi connectivity index (χ4n) is 2.21. The van der Waals surface area contributed by atoms with Gasteiger partial charge >= 0.3 is 0 Å². The van der Waals surface area contributed by atoms with Gasteiger partial charge in [-0.1, -0.05) is 6.92 Å². The minimum absolute atomic E-state index is 0.473. The lowest BCUT2D eigenvalue weighted by Crippen LogP contribution is -2.29. The van der Waals surface area contributed by atoms with Gasteiger partial charge in [0, 0.05) is 26.9 Å². The van der Waals surface area contributed by atoms with Gasteiger partial charge < -0.3 is 19.5 Å². The number of ether oxygens (including phenoxy) is 3. The second-order valence-electron chi connectivity index (χ2n) is 4.53. The molecule has 1 heterocycles. The standard InChI is InChI=1S/C13H27NO3/c1-3-13-12(5-8-17-13)11-14-6-4-7-16-10-9-15-2/h12-14H,3-11H2,1-2H3. The quantitative estimate of drug-likeness (QED) is 0.591. The van der Waals surface area contributed by atoms with Crippen molar-refractivity contribution in [2.75, 3.05) is 46.6 Å². The molecule has 2 unspecified atom stereocenters. The van der Waals surface area contributed by atoms with Crippen molar-refractivity contribution in [3.63, 3.8) is 0 Å². The van der Waals surface area contributed by atoms with Crippen LogP contribution in [0.3, 0.4) is 0 Å². The highest BCUT2D eigenvalue weighted by Crippen LogP contribution is 2.22. The zero-order valence-electron chi connectivity index (χ0n) is 11.2. The Labute approximate surface area is 105 Å². The van der Waals surface area contributed by atoms with Crippen molar-refractivity contribution in [3.8, 4) is 0 Å². The molecule has 0 bridgehead atoms. The number of hydrogen-bond acceptors (Lipinski definition) is 4. The van der Waals surface area contributed by atoms with Gasteiger partial charge in [-0.25, -0.2) is 0 Å². The third kappa shape index (κ3) is 6.36. The highest BCUT2D eigenvalue weighted by molar-refractivity contribution is 4.76. The molecule has 0 amide bonds. The van der Waals surface area contributed by atoms with Gasteiger partial charge in [-0.3, -0.25) is 0 Å². The number of methoxy groups -OCH3 is 1. The zero-order valence-corrected chi connectivity index (χ0v) is 11.2. The van der Waals surface area contributed by atoms with Crippen LogP contribution < -0.4 is 5.32 Å². The summed E-state index contributed by atoms with van der Waals surface area (Å²) < 4.78 is 16.0. The molecule has 1 fully saturated rings. The molecule has 4 heteroatoms. The summed E-state index contributed by atoms with van der Waals surface area (Å²) in [5.74, 6) is 0.703. The van der Waals surface area contributed by atoms with E-state index in [2.05, 4.69) is 12.2 Å². The summed E-state index contributed by atoms with van der Waals surface area (Å²) in [5, 5.41) is 3.49. The molecule has 1 rings (SSSR count). The van der Waals surface area contributed by atoms with E-state index in [1.165, 1.54) is 6.42 Å². The van der Waals surface area contributed by atoms with E-state index < -0.39 is 0 Å². The molecule has 0 saturated carbocycles. The maximum Gasteiger partial charge on any atom is 0.0700 e. The monoisotopic (exact) mass is 245 g/mol. The topological polar surface area (TPSA) is 39.7 Å². The smallest absolute Gasteiger partial charge is 0.0700 e. The van der Waals surface area contributed by atoms with Crippen LogP contribution in [0.15, 0.2) is 0 Å². The van der Waals surface area contributed by atoms with Crippen molar-refractivity contribution in [2.24, 2.45) is 5.92 Å². The van der Waals surface area contributed by atoms with Gasteiger partial charge in [0.05, 0.1) is 19.3 Å². The predicted molar refractivity (Wildman–Crippen MR) is 68.3 cm³/mol. The van der Waals surface area contributed by atoms with Crippen molar-refractivity contribution in [1.29, 1.82) is 0 Å². The lowest BCUT2D eigenvalue weighted by molar-refractivity contribution is 0.0688. The van der Waals surface area contributed by atoms with Crippen molar-refractivity contribution < 1.29 is 14.2 Å². The Morgan fingerprint density at radius 1 is 1.29 bits per heavy atom. The molecule has 1 aliphatic heterocycles. The van der Waals surface area contributed by atoms with Crippen molar-refractivity contribution in [1.82, 2.24) is 5.32 Å². The molecule has 1 aliphatic rings. The Morgan fingerprint density at radius 2 is 2.18 bits per heavy atom. The summed E-state index contributed by atoms with van der Waals surface area (Å²) in [7, 11) is 1.69.